The number of rotatable bonds is 4. The van der Waals surface area contributed by atoms with Gasteiger partial charge in [-0.15, -0.1) is 11.3 Å². The van der Waals surface area contributed by atoms with Crippen molar-refractivity contribution >= 4 is 50.9 Å². The van der Waals surface area contributed by atoms with E-state index in [1.165, 1.54) is 11.3 Å². The van der Waals surface area contributed by atoms with Crippen molar-refractivity contribution in [3.05, 3.63) is 15.7 Å². The minimum absolute atomic E-state index is 0.0311. The molecule has 1 atom stereocenters. The average Bonchev–Trinajstić information content (AvgIpc) is 3.11. The van der Waals surface area contributed by atoms with Gasteiger partial charge in [0, 0.05) is 6.54 Å². The molecule has 3 rings (SSSR count). The van der Waals surface area contributed by atoms with Crippen LogP contribution in [-0.4, -0.2) is 45.7 Å². The summed E-state index contributed by atoms with van der Waals surface area (Å²) < 4.78 is 5.28. The number of fused-ring (bicyclic) bond motifs is 1. The Kier molecular flexibility index (Phi) is 4.83. The molecule has 1 saturated heterocycles. The van der Waals surface area contributed by atoms with Gasteiger partial charge in [0.25, 0.3) is 0 Å². The largest absolute Gasteiger partial charge is 0.480 e. The quantitative estimate of drug-likeness (QED) is 0.639. The summed E-state index contributed by atoms with van der Waals surface area (Å²) in [6.45, 7) is 5.93. The van der Waals surface area contributed by atoms with Crippen LogP contribution in [0.5, 0.6) is 0 Å². The van der Waals surface area contributed by atoms with E-state index in [0.29, 0.717) is 39.4 Å². The number of esters is 1. The molecule has 1 unspecified atom stereocenters. The van der Waals surface area contributed by atoms with Crippen LogP contribution in [0.15, 0.2) is 0 Å². The third kappa shape index (κ3) is 3.28. The molecule has 9 heteroatoms. The minimum Gasteiger partial charge on any atom is -0.480 e. The fourth-order valence-corrected chi connectivity index (χ4v) is 4.31. The summed E-state index contributed by atoms with van der Waals surface area (Å²) in [4.78, 5) is 35.1. The van der Waals surface area contributed by atoms with Gasteiger partial charge < -0.3 is 14.7 Å². The number of carboxylic acids is 1. The lowest BCUT2D eigenvalue weighted by molar-refractivity contribution is -0.138. The molecule has 1 N–H and O–H groups in total. The number of aromatic nitrogens is 2. The Hall–Kier alpha value is -1.93. The fraction of sp³-hybridized carbons (Fsp3) is 0.500. The monoisotopic (exact) mass is 383 g/mol. The highest BCUT2D eigenvalue weighted by Crippen LogP contribution is 2.39. The number of carbonyl (C=O) groups excluding carboxylic acids is 1. The number of carbonyl (C=O) groups is 2. The van der Waals surface area contributed by atoms with Crippen molar-refractivity contribution in [1.29, 1.82) is 0 Å². The number of aliphatic carboxylic acids is 1. The lowest BCUT2D eigenvalue weighted by Crippen LogP contribution is -2.36. The fourth-order valence-electron chi connectivity index (χ4n) is 3.04. The molecule has 25 heavy (non-hydrogen) atoms. The minimum atomic E-state index is -0.896. The van der Waals surface area contributed by atoms with E-state index in [2.05, 4.69) is 9.97 Å². The average molecular weight is 384 g/mol. The van der Waals surface area contributed by atoms with E-state index in [1.54, 1.807) is 25.7 Å². The van der Waals surface area contributed by atoms with Crippen LogP contribution in [0.2, 0.25) is 5.28 Å². The standard InChI is InChI=1S/C16H18ClN3O4S/c1-7(2)24-15(23)11-8(3)10-12(18-16(17)19-13(10)25-11)20-6-4-5-9(20)14(21)22/h7,9H,4-6H2,1-3H3,(H,21,22). The maximum atomic E-state index is 12.3. The zero-order chi connectivity index (χ0) is 18.3. The Labute approximate surface area is 153 Å². The molecule has 0 aliphatic carbocycles. The van der Waals surface area contributed by atoms with Crippen LogP contribution in [0.4, 0.5) is 5.82 Å². The number of hydrogen-bond acceptors (Lipinski definition) is 7. The number of carboxylic acid groups (broad SMARTS) is 1. The van der Waals surface area contributed by atoms with E-state index >= 15 is 0 Å². The molecule has 7 nitrogen and oxygen atoms in total. The van der Waals surface area contributed by atoms with E-state index in [0.717, 1.165) is 6.42 Å². The Morgan fingerprint density at radius 2 is 2.12 bits per heavy atom. The van der Waals surface area contributed by atoms with Gasteiger partial charge in [-0.05, 0) is 50.8 Å². The van der Waals surface area contributed by atoms with Crippen molar-refractivity contribution in [1.82, 2.24) is 9.97 Å². The van der Waals surface area contributed by atoms with Gasteiger partial charge >= 0.3 is 11.9 Å². The highest BCUT2D eigenvalue weighted by atomic mass is 35.5. The SMILES string of the molecule is Cc1c(C(=O)OC(C)C)sc2nc(Cl)nc(N3CCCC3C(=O)O)c12. The summed E-state index contributed by atoms with van der Waals surface area (Å²) in [5.41, 5.74) is 0.688. The molecule has 2 aromatic heterocycles. The molecule has 0 amide bonds. The predicted octanol–water partition coefficient (Wildman–Crippen LogP) is 3.27. The van der Waals surface area contributed by atoms with E-state index in [1.807, 2.05) is 0 Å². The van der Waals surface area contributed by atoms with Gasteiger partial charge in [0.05, 0.1) is 11.5 Å². The number of ether oxygens (including phenoxy) is 1. The summed E-state index contributed by atoms with van der Waals surface area (Å²) in [7, 11) is 0. The van der Waals surface area contributed by atoms with Gasteiger partial charge in [-0.25, -0.2) is 14.6 Å². The second-order valence-corrected chi connectivity index (χ2v) is 7.53. The van der Waals surface area contributed by atoms with Crippen molar-refractivity contribution in [2.75, 3.05) is 11.4 Å². The maximum Gasteiger partial charge on any atom is 0.348 e. The lowest BCUT2D eigenvalue weighted by Gasteiger charge is -2.23. The van der Waals surface area contributed by atoms with E-state index in [-0.39, 0.29) is 11.4 Å². The summed E-state index contributed by atoms with van der Waals surface area (Å²) in [6.07, 6.45) is 1.07. The smallest absolute Gasteiger partial charge is 0.348 e. The molecule has 3 heterocycles. The van der Waals surface area contributed by atoms with Crippen molar-refractivity contribution in [3.63, 3.8) is 0 Å². The molecular formula is C16H18ClN3O4S. The van der Waals surface area contributed by atoms with Gasteiger partial charge in [-0.2, -0.15) is 4.98 Å². The van der Waals surface area contributed by atoms with E-state index < -0.39 is 18.0 Å². The van der Waals surface area contributed by atoms with Crippen LogP contribution in [0.1, 0.15) is 41.9 Å². The number of hydrogen-bond donors (Lipinski definition) is 1. The maximum absolute atomic E-state index is 12.3. The van der Waals surface area contributed by atoms with Crippen molar-refractivity contribution in [2.24, 2.45) is 0 Å². The molecular weight excluding hydrogens is 366 g/mol. The molecule has 1 aliphatic rings. The summed E-state index contributed by atoms with van der Waals surface area (Å²) in [6, 6.07) is -0.653. The first-order valence-electron chi connectivity index (χ1n) is 7.96. The third-order valence-electron chi connectivity index (χ3n) is 4.08. The molecule has 0 bridgehead atoms. The molecule has 1 aliphatic heterocycles. The summed E-state index contributed by atoms with van der Waals surface area (Å²) in [5.74, 6) is -0.848. The first kappa shape index (κ1) is 17.9. The van der Waals surface area contributed by atoms with Gasteiger partial charge in [0.1, 0.15) is 21.6 Å². The van der Waals surface area contributed by atoms with Crippen molar-refractivity contribution in [3.8, 4) is 0 Å². The molecule has 134 valence electrons. The zero-order valence-corrected chi connectivity index (χ0v) is 15.6. The Bertz CT molecular complexity index is 852. The zero-order valence-electron chi connectivity index (χ0n) is 14.1. The predicted molar refractivity (Wildman–Crippen MR) is 95.7 cm³/mol. The number of thiophene rings is 1. The van der Waals surface area contributed by atoms with Crippen molar-refractivity contribution < 1.29 is 19.4 Å². The number of nitrogens with zero attached hydrogens (tertiary/aromatic N) is 3. The van der Waals surface area contributed by atoms with Gasteiger partial charge in [-0.3, -0.25) is 0 Å². The Morgan fingerprint density at radius 3 is 2.76 bits per heavy atom. The van der Waals surface area contributed by atoms with Crippen LogP contribution < -0.4 is 4.90 Å². The van der Waals surface area contributed by atoms with Crippen LogP contribution in [-0.2, 0) is 9.53 Å². The second kappa shape index (κ2) is 6.76. The Morgan fingerprint density at radius 1 is 1.40 bits per heavy atom. The van der Waals surface area contributed by atoms with Crippen LogP contribution in [0, 0.1) is 6.92 Å². The number of halogens is 1. The summed E-state index contributed by atoms with van der Waals surface area (Å²) in [5, 5.41) is 10.2. The van der Waals surface area contributed by atoms with Gasteiger partial charge in [0.2, 0.25) is 5.28 Å². The van der Waals surface area contributed by atoms with Crippen LogP contribution in [0.3, 0.4) is 0 Å². The van der Waals surface area contributed by atoms with Crippen LogP contribution >= 0.6 is 22.9 Å². The normalized spacial score (nSPS) is 17.5. The molecule has 1 fully saturated rings. The van der Waals surface area contributed by atoms with Gasteiger partial charge in [0.15, 0.2) is 0 Å². The van der Waals surface area contributed by atoms with Gasteiger partial charge in [-0.1, -0.05) is 0 Å². The molecule has 0 saturated carbocycles. The lowest BCUT2D eigenvalue weighted by atomic mass is 10.1. The molecule has 0 aromatic carbocycles. The molecule has 0 radical (unpaired) electrons. The molecule has 0 spiro atoms. The highest BCUT2D eigenvalue weighted by Gasteiger charge is 2.34. The summed E-state index contributed by atoms with van der Waals surface area (Å²) >= 11 is 7.24. The second-order valence-electron chi connectivity index (χ2n) is 6.20. The van der Waals surface area contributed by atoms with Crippen molar-refractivity contribution in [2.45, 2.75) is 45.8 Å². The number of aryl methyl sites for hydroxylation is 1. The topological polar surface area (TPSA) is 92.6 Å². The number of anilines is 1. The van der Waals surface area contributed by atoms with Crippen LogP contribution in [0.25, 0.3) is 10.2 Å². The first-order valence-corrected chi connectivity index (χ1v) is 9.16. The first-order chi connectivity index (χ1) is 11.8. The van der Waals surface area contributed by atoms with E-state index in [4.69, 9.17) is 16.3 Å². The van der Waals surface area contributed by atoms with E-state index in [9.17, 15) is 14.7 Å². The highest BCUT2D eigenvalue weighted by molar-refractivity contribution is 7.20. The third-order valence-corrected chi connectivity index (χ3v) is 5.42. The Balaban J connectivity index is 2.15. The molecule has 2 aromatic rings.